The summed E-state index contributed by atoms with van der Waals surface area (Å²) in [5.74, 6) is 0.0542. The fourth-order valence-corrected chi connectivity index (χ4v) is 3.12. The van der Waals surface area contributed by atoms with Gasteiger partial charge in [-0.15, -0.1) is 11.8 Å². The summed E-state index contributed by atoms with van der Waals surface area (Å²) in [5, 5.41) is 3.02. The summed E-state index contributed by atoms with van der Waals surface area (Å²) in [6, 6.07) is 16.2. The second-order valence-electron chi connectivity index (χ2n) is 5.36. The molecule has 0 aliphatic carbocycles. The van der Waals surface area contributed by atoms with Gasteiger partial charge in [-0.25, -0.2) is 0 Å². The van der Waals surface area contributed by atoms with Gasteiger partial charge in [0, 0.05) is 30.1 Å². The Morgan fingerprint density at radius 3 is 2.52 bits per heavy atom. The fraction of sp³-hybridized carbons (Fsp3) is 0.316. The maximum atomic E-state index is 12.3. The van der Waals surface area contributed by atoms with E-state index in [1.165, 1.54) is 11.3 Å². The highest BCUT2D eigenvalue weighted by atomic mass is 32.2. The molecular weight excluding hydrogens is 304 g/mol. The maximum Gasteiger partial charge on any atom is 0.226 e. The van der Waals surface area contributed by atoms with E-state index in [9.17, 15) is 4.79 Å². The molecule has 0 fully saturated rings. The van der Waals surface area contributed by atoms with E-state index < -0.39 is 0 Å². The van der Waals surface area contributed by atoms with E-state index in [-0.39, 0.29) is 5.91 Å². The molecule has 0 aliphatic heterocycles. The molecule has 0 heterocycles. The lowest BCUT2D eigenvalue weighted by Gasteiger charge is -2.24. The normalized spacial score (nSPS) is 10.4. The van der Waals surface area contributed by atoms with Crippen molar-refractivity contribution < 1.29 is 4.79 Å². The molecule has 0 aromatic heterocycles. The zero-order valence-corrected chi connectivity index (χ0v) is 14.8. The Balaban J connectivity index is 1.96. The monoisotopic (exact) mass is 328 g/mol. The number of aryl methyl sites for hydroxylation is 1. The van der Waals surface area contributed by atoms with Crippen LogP contribution in [0.5, 0.6) is 0 Å². The largest absolute Gasteiger partial charge is 0.371 e. The number of rotatable bonds is 7. The average Bonchev–Trinajstić information content (AvgIpc) is 2.57. The SMILES string of the molecule is CCN(CCC(=O)Nc1ccccc1SC)c1ccccc1C. The molecule has 0 saturated heterocycles. The molecule has 0 atom stereocenters. The van der Waals surface area contributed by atoms with Crippen LogP contribution in [0.1, 0.15) is 18.9 Å². The van der Waals surface area contributed by atoms with Crippen LogP contribution in [-0.4, -0.2) is 25.3 Å². The van der Waals surface area contributed by atoms with Crippen molar-refractivity contribution in [1.82, 2.24) is 0 Å². The summed E-state index contributed by atoms with van der Waals surface area (Å²) in [6.07, 6.45) is 2.49. The molecule has 0 aliphatic rings. The number of carbonyl (C=O) groups is 1. The number of nitrogens with zero attached hydrogens (tertiary/aromatic N) is 1. The Bertz CT molecular complexity index is 657. The molecule has 23 heavy (non-hydrogen) atoms. The molecule has 122 valence electrons. The van der Waals surface area contributed by atoms with Crippen LogP contribution in [0.25, 0.3) is 0 Å². The predicted octanol–water partition coefficient (Wildman–Crippen LogP) is 4.57. The third-order valence-corrected chi connectivity index (χ3v) is 4.62. The standard InChI is InChI=1S/C19H24N2OS/c1-4-21(17-11-7-5-9-15(17)2)14-13-19(22)20-16-10-6-8-12-18(16)23-3/h5-12H,4,13-14H2,1-3H3,(H,20,22). The zero-order valence-electron chi connectivity index (χ0n) is 14.0. The Morgan fingerprint density at radius 2 is 1.83 bits per heavy atom. The second-order valence-corrected chi connectivity index (χ2v) is 6.21. The van der Waals surface area contributed by atoms with Gasteiger partial charge in [0.2, 0.25) is 5.91 Å². The van der Waals surface area contributed by atoms with Crippen LogP contribution in [0.15, 0.2) is 53.4 Å². The van der Waals surface area contributed by atoms with Crippen LogP contribution in [0.4, 0.5) is 11.4 Å². The van der Waals surface area contributed by atoms with Crippen molar-refractivity contribution in [3.63, 3.8) is 0 Å². The number of amides is 1. The van der Waals surface area contributed by atoms with E-state index in [4.69, 9.17) is 0 Å². The molecule has 3 nitrogen and oxygen atoms in total. The number of para-hydroxylation sites is 2. The van der Waals surface area contributed by atoms with E-state index in [2.05, 4.69) is 36.2 Å². The van der Waals surface area contributed by atoms with Crippen molar-refractivity contribution in [3.05, 3.63) is 54.1 Å². The molecule has 1 N–H and O–H groups in total. The van der Waals surface area contributed by atoms with Gasteiger partial charge >= 0.3 is 0 Å². The van der Waals surface area contributed by atoms with Crippen molar-refractivity contribution >= 4 is 29.0 Å². The molecule has 2 aromatic carbocycles. The highest BCUT2D eigenvalue weighted by Crippen LogP contribution is 2.25. The highest BCUT2D eigenvalue weighted by Gasteiger charge is 2.11. The molecule has 0 unspecified atom stereocenters. The number of thioether (sulfide) groups is 1. The molecule has 1 amide bonds. The van der Waals surface area contributed by atoms with E-state index in [0.717, 1.165) is 17.1 Å². The van der Waals surface area contributed by atoms with Gasteiger partial charge in [-0.05, 0) is 43.9 Å². The van der Waals surface area contributed by atoms with Crippen LogP contribution in [0.3, 0.4) is 0 Å². The lowest BCUT2D eigenvalue weighted by atomic mass is 10.1. The molecule has 2 aromatic rings. The molecular formula is C19H24N2OS. The smallest absolute Gasteiger partial charge is 0.226 e. The van der Waals surface area contributed by atoms with Gasteiger partial charge in [0.25, 0.3) is 0 Å². The molecule has 4 heteroatoms. The van der Waals surface area contributed by atoms with Crippen molar-refractivity contribution in [3.8, 4) is 0 Å². The van der Waals surface area contributed by atoms with Crippen molar-refractivity contribution in [2.24, 2.45) is 0 Å². The fourth-order valence-electron chi connectivity index (χ4n) is 2.56. The number of anilines is 2. The first-order valence-electron chi connectivity index (χ1n) is 7.89. The van der Waals surface area contributed by atoms with Crippen LogP contribution in [0, 0.1) is 6.92 Å². The van der Waals surface area contributed by atoms with E-state index in [1.54, 1.807) is 11.8 Å². The Morgan fingerprint density at radius 1 is 1.13 bits per heavy atom. The molecule has 0 saturated carbocycles. The van der Waals surface area contributed by atoms with Crippen molar-refractivity contribution in [2.45, 2.75) is 25.2 Å². The van der Waals surface area contributed by atoms with Crippen LogP contribution in [0.2, 0.25) is 0 Å². The first kappa shape index (κ1) is 17.4. The summed E-state index contributed by atoms with van der Waals surface area (Å²) >= 11 is 1.64. The topological polar surface area (TPSA) is 32.3 Å². The van der Waals surface area contributed by atoms with Gasteiger partial charge in [0.15, 0.2) is 0 Å². The Kier molecular flexibility index (Phi) is 6.53. The third kappa shape index (κ3) is 4.76. The van der Waals surface area contributed by atoms with Gasteiger partial charge in [-0.2, -0.15) is 0 Å². The second kappa shape index (κ2) is 8.63. The van der Waals surface area contributed by atoms with Crippen LogP contribution >= 0.6 is 11.8 Å². The first-order chi connectivity index (χ1) is 11.2. The van der Waals surface area contributed by atoms with Gasteiger partial charge in [-0.3, -0.25) is 4.79 Å². The minimum Gasteiger partial charge on any atom is -0.371 e. The third-order valence-electron chi connectivity index (χ3n) is 3.83. The Labute approximate surface area is 143 Å². The number of nitrogens with one attached hydrogen (secondary N) is 1. The number of carbonyl (C=O) groups excluding carboxylic acids is 1. The summed E-state index contributed by atoms with van der Waals surface area (Å²) in [6.45, 7) is 5.83. The van der Waals surface area contributed by atoms with Crippen LogP contribution < -0.4 is 10.2 Å². The summed E-state index contributed by atoms with van der Waals surface area (Å²) in [5.41, 5.74) is 3.33. The highest BCUT2D eigenvalue weighted by molar-refractivity contribution is 7.98. The zero-order chi connectivity index (χ0) is 16.7. The van der Waals surface area contributed by atoms with Gasteiger partial charge in [-0.1, -0.05) is 30.3 Å². The first-order valence-corrected chi connectivity index (χ1v) is 9.11. The lowest BCUT2D eigenvalue weighted by molar-refractivity contribution is -0.116. The summed E-state index contributed by atoms with van der Waals surface area (Å²) < 4.78 is 0. The Hall–Kier alpha value is -1.94. The maximum absolute atomic E-state index is 12.3. The van der Waals surface area contributed by atoms with E-state index in [1.807, 2.05) is 42.7 Å². The van der Waals surface area contributed by atoms with E-state index in [0.29, 0.717) is 13.0 Å². The van der Waals surface area contributed by atoms with Gasteiger partial charge in [0.05, 0.1) is 5.69 Å². The predicted molar refractivity (Wildman–Crippen MR) is 101 cm³/mol. The van der Waals surface area contributed by atoms with Gasteiger partial charge < -0.3 is 10.2 Å². The summed E-state index contributed by atoms with van der Waals surface area (Å²) in [4.78, 5) is 15.6. The van der Waals surface area contributed by atoms with E-state index >= 15 is 0 Å². The van der Waals surface area contributed by atoms with Crippen molar-refractivity contribution in [2.75, 3.05) is 29.6 Å². The molecule has 0 bridgehead atoms. The average molecular weight is 328 g/mol. The minimum absolute atomic E-state index is 0.0542. The number of hydrogen-bond acceptors (Lipinski definition) is 3. The van der Waals surface area contributed by atoms with Crippen LogP contribution in [-0.2, 0) is 4.79 Å². The van der Waals surface area contributed by atoms with Crippen molar-refractivity contribution in [1.29, 1.82) is 0 Å². The lowest BCUT2D eigenvalue weighted by Crippen LogP contribution is -2.28. The summed E-state index contributed by atoms with van der Waals surface area (Å²) in [7, 11) is 0. The molecule has 2 rings (SSSR count). The quantitative estimate of drug-likeness (QED) is 0.756. The van der Waals surface area contributed by atoms with Gasteiger partial charge in [0.1, 0.15) is 0 Å². The molecule has 0 spiro atoms. The molecule has 0 radical (unpaired) electrons. The number of benzene rings is 2. The minimum atomic E-state index is 0.0542. The number of hydrogen-bond donors (Lipinski definition) is 1.